The molecule has 3 heteroatoms. The zero-order valence-electron chi connectivity index (χ0n) is 9.68. The minimum absolute atomic E-state index is 0.168. The Balaban J connectivity index is 2.50. The molecule has 1 atom stereocenters. The van der Waals surface area contributed by atoms with Gasteiger partial charge in [-0.2, -0.15) is 0 Å². The van der Waals surface area contributed by atoms with Gasteiger partial charge in [0.1, 0.15) is 11.4 Å². The lowest BCUT2D eigenvalue weighted by molar-refractivity contribution is 0.135. The molecule has 18 heavy (non-hydrogen) atoms. The van der Waals surface area contributed by atoms with Gasteiger partial charge in [0.05, 0.1) is 0 Å². The molecule has 0 radical (unpaired) electrons. The van der Waals surface area contributed by atoms with Crippen LogP contribution >= 0.6 is 15.9 Å². The van der Waals surface area contributed by atoms with Crippen LogP contribution in [0, 0.1) is 0 Å². The van der Waals surface area contributed by atoms with Crippen LogP contribution in [0.2, 0.25) is 0 Å². The summed E-state index contributed by atoms with van der Waals surface area (Å²) in [4.78, 5) is 0. The third-order valence-corrected chi connectivity index (χ3v) is 3.42. The monoisotopic (exact) mass is 304 g/mol. The molecule has 2 rings (SSSR count). The van der Waals surface area contributed by atoms with Gasteiger partial charge in [0.15, 0.2) is 0 Å². The van der Waals surface area contributed by atoms with Gasteiger partial charge in [-0.15, -0.1) is 0 Å². The summed E-state index contributed by atoms with van der Waals surface area (Å²) in [7, 11) is 0. The van der Waals surface area contributed by atoms with Gasteiger partial charge in [0.2, 0.25) is 0 Å². The van der Waals surface area contributed by atoms with E-state index in [1.807, 2.05) is 24.3 Å². The standard InChI is InChI=1S/C15H13BrO2/c1-2-15(18,11-3-7-13(16)8-4-11)12-5-9-14(17)10-6-12/h2-10,17-18H,1H2. The fourth-order valence-electron chi connectivity index (χ4n) is 1.82. The maximum Gasteiger partial charge on any atom is 0.133 e. The van der Waals surface area contributed by atoms with Crippen molar-refractivity contribution in [3.8, 4) is 5.75 Å². The molecule has 2 N–H and O–H groups in total. The first-order chi connectivity index (χ1) is 8.56. The molecular weight excluding hydrogens is 292 g/mol. The van der Waals surface area contributed by atoms with Crippen molar-refractivity contribution in [3.05, 3.63) is 76.8 Å². The van der Waals surface area contributed by atoms with Crippen LogP contribution in [0.5, 0.6) is 5.75 Å². The Morgan fingerprint density at radius 3 is 1.83 bits per heavy atom. The zero-order valence-corrected chi connectivity index (χ0v) is 11.3. The molecular formula is C15H13BrO2. The number of phenols is 1. The Bertz CT molecular complexity index is 498. The smallest absolute Gasteiger partial charge is 0.133 e. The maximum absolute atomic E-state index is 10.7. The average molecular weight is 305 g/mol. The van der Waals surface area contributed by atoms with E-state index in [0.717, 1.165) is 10.0 Å². The van der Waals surface area contributed by atoms with Crippen molar-refractivity contribution in [2.45, 2.75) is 5.60 Å². The highest BCUT2D eigenvalue weighted by Crippen LogP contribution is 2.32. The molecule has 1 unspecified atom stereocenters. The lowest BCUT2D eigenvalue weighted by Gasteiger charge is -2.25. The number of hydrogen-bond donors (Lipinski definition) is 2. The molecule has 0 fully saturated rings. The molecule has 2 nitrogen and oxygen atoms in total. The molecule has 2 aromatic rings. The summed E-state index contributed by atoms with van der Waals surface area (Å²) >= 11 is 3.36. The van der Waals surface area contributed by atoms with Gasteiger partial charge in [0, 0.05) is 4.47 Å². The maximum atomic E-state index is 10.7. The van der Waals surface area contributed by atoms with Crippen LogP contribution in [0.25, 0.3) is 0 Å². The largest absolute Gasteiger partial charge is 0.508 e. The Kier molecular flexibility index (Phi) is 3.55. The fourth-order valence-corrected chi connectivity index (χ4v) is 2.09. The topological polar surface area (TPSA) is 40.5 Å². The first-order valence-corrected chi connectivity index (χ1v) is 6.27. The summed E-state index contributed by atoms with van der Waals surface area (Å²) in [6.45, 7) is 3.71. The summed E-state index contributed by atoms with van der Waals surface area (Å²) in [6, 6.07) is 13.8. The molecule has 2 aromatic carbocycles. The number of hydrogen-bond acceptors (Lipinski definition) is 2. The van der Waals surface area contributed by atoms with Crippen LogP contribution in [-0.2, 0) is 5.60 Å². The van der Waals surface area contributed by atoms with Crippen LogP contribution in [-0.4, -0.2) is 10.2 Å². The van der Waals surface area contributed by atoms with Gasteiger partial charge >= 0.3 is 0 Å². The molecule has 0 saturated heterocycles. The van der Waals surface area contributed by atoms with Crippen molar-refractivity contribution in [2.75, 3.05) is 0 Å². The van der Waals surface area contributed by atoms with Gasteiger partial charge in [-0.3, -0.25) is 0 Å². The number of rotatable bonds is 3. The van der Waals surface area contributed by atoms with E-state index in [-0.39, 0.29) is 5.75 Å². The van der Waals surface area contributed by atoms with E-state index in [1.165, 1.54) is 6.08 Å². The van der Waals surface area contributed by atoms with Crippen molar-refractivity contribution in [2.24, 2.45) is 0 Å². The van der Waals surface area contributed by atoms with Crippen molar-refractivity contribution >= 4 is 15.9 Å². The van der Waals surface area contributed by atoms with Crippen LogP contribution < -0.4 is 0 Å². The van der Waals surface area contributed by atoms with E-state index in [2.05, 4.69) is 22.5 Å². The normalized spacial score (nSPS) is 13.9. The first-order valence-electron chi connectivity index (χ1n) is 5.48. The van der Waals surface area contributed by atoms with Crippen molar-refractivity contribution in [1.82, 2.24) is 0 Å². The molecule has 0 aliphatic heterocycles. The first kappa shape index (κ1) is 12.9. The summed E-state index contributed by atoms with van der Waals surface area (Å²) in [6.07, 6.45) is 1.49. The van der Waals surface area contributed by atoms with Gasteiger partial charge in [0.25, 0.3) is 0 Å². The van der Waals surface area contributed by atoms with Gasteiger partial charge in [-0.1, -0.05) is 52.9 Å². The van der Waals surface area contributed by atoms with E-state index in [4.69, 9.17) is 0 Å². The predicted molar refractivity (Wildman–Crippen MR) is 75.4 cm³/mol. The van der Waals surface area contributed by atoms with E-state index in [1.54, 1.807) is 24.3 Å². The number of phenolic OH excluding ortho intramolecular Hbond substituents is 1. The highest BCUT2D eigenvalue weighted by molar-refractivity contribution is 9.10. The van der Waals surface area contributed by atoms with Crippen molar-refractivity contribution in [3.63, 3.8) is 0 Å². The third kappa shape index (κ3) is 2.33. The second-order valence-corrected chi connectivity index (χ2v) is 4.94. The summed E-state index contributed by atoms with van der Waals surface area (Å²) in [5.74, 6) is 0.168. The number of halogens is 1. The van der Waals surface area contributed by atoms with Gasteiger partial charge in [-0.25, -0.2) is 0 Å². The van der Waals surface area contributed by atoms with Crippen molar-refractivity contribution in [1.29, 1.82) is 0 Å². The molecule has 0 aliphatic carbocycles. The summed E-state index contributed by atoms with van der Waals surface area (Å²) in [5, 5.41) is 20.0. The minimum atomic E-state index is -1.26. The Hall–Kier alpha value is -1.58. The van der Waals surface area contributed by atoms with E-state index < -0.39 is 5.60 Å². The molecule has 0 bridgehead atoms. The van der Waals surface area contributed by atoms with Crippen LogP contribution in [0.1, 0.15) is 11.1 Å². The van der Waals surface area contributed by atoms with E-state index >= 15 is 0 Å². The summed E-state index contributed by atoms with van der Waals surface area (Å²) < 4.78 is 0.948. The van der Waals surface area contributed by atoms with Crippen LogP contribution in [0.3, 0.4) is 0 Å². The molecule has 0 saturated carbocycles. The van der Waals surface area contributed by atoms with E-state index in [9.17, 15) is 10.2 Å². The Morgan fingerprint density at radius 2 is 1.39 bits per heavy atom. The lowest BCUT2D eigenvalue weighted by Crippen LogP contribution is -2.23. The second kappa shape index (κ2) is 4.96. The second-order valence-electron chi connectivity index (χ2n) is 4.02. The molecule has 0 amide bonds. The summed E-state index contributed by atoms with van der Waals surface area (Å²) in [5.41, 5.74) is 0.137. The number of aliphatic hydroxyl groups is 1. The molecule has 0 heterocycles. The molecule has 0 aliphatic rings. The quantitative estimate of drug-likeness (QED) is 0.851. The molecule has 92 valence electrons. The van der Waals surface area contributed by atoms with Crippen molar-refractivity contribution < 1.29 is 10.2 Å². The highest BCUT2D eigenvalue weighted by Gasteiger charge is 2.27. The Morgan fingerprint density at radius 1 is 0.944 bits per heavy atom. The van der Waals surface area contributed by atoms with E-state index in [0.29, 0.717) is 5.56 Å². The van der Waals surface area contributed by atoms with Gasteiger partial charge < -0.3 is 10.2 Å². The number of aromatic hydroxyl groups is 1. The lowest BCUT2D eigenvalue weighted by atomic mass is 9.86. The van der Waals surface area contributed by atoms with Gasteiger partial charge in [-0.05, 0) is 35.4 Å². The third-order valence-electron chi connectivity index (χ3n) is 2.89. The highest BCUT2D eigenvalue weighted by atomic mass is 79.9. The molecule has 0 spiro atoms. The predicted octanol–water partition coefficient (Wildman–Crippen LogP) is 3.58. The minimum Gasteiger partial charge on any atom is -0.508 e. The fraction of sp³-hybridized carbons (Fsp3) is 0.0667. The average Bonchev–Trinajstić information content (AvgIpc) is 2.39. The van der Waals surface area contributed by atoms with Crippen LogP contribution in [0.15, 0.2) is 65.7 Å². The molecule has 0 aromatic heterocycles. The van der Waals surface area contributed by atoms with Crippen LogP contribution in [0.4, 0.5) is 0 Å². The zero-order chi connectivity index (χ0) is 13.2. The SMILES string of the molecule is C=CC(O)(c1ccc(O)cc1)c1ccc(Br)cc1. The number of benzene rings is 2. The Labute approximate surface area is 114 Å².